The molecule has 3 rings (SSSR count). The second-order valence-electron chi connectivity index (χ2n) is 9.62. The summed E-state index contributed by atoms with van der Waals surface area (Å²) in [5.41, 5.74) is -0.537. The lowest BCUT2D eigenvalue weighted by Gasteiger charge is -2.40. The van der Waals surface area contributed by atoms with E-state index < -0.39 is 17.5 Å². The average Bonchev–Trinajstić information content (AvgIpc) is 2.76. The maximum atomic E-state index is 11.3. The number of nitrogens with one attached hydrogen (secondary N) is 1. The SMILES string of the molecule is C1CCC([NH2+]C2CCCCC2)CC1.CCOC(=O)/C=C(\C)NC1(C(=O)[O-])CCCCC1. The van der Waals surface area contributed by atoms with Crippen LogP contribution in [0.15, 0.2) is 11.8 Å². The molecule has 0 aromatic rings. The van der Waals surface area contributed by atoms with Crippen molar-refractivity contribution in [3.63, 3.8) is 0 Å². The van der Waals surface area contributed by atoms with E-state index in [-0.39, 0.29) is 0 Å². The Hall–Kier alpha value is -1.56. The summed E-state index contributed by atoms with van der Waals surface area (Å²) < 4.78 is 4.78. The summed E-state index contributed by atoms with van der Waals surface area (Å²) in [6.45, 7) is 3.68. The van der Waals surface area contributed by atoms with Crippen molar-refractivity contribution in [1.82, 2.24) is 5.32 Å². The van der Waals surface area contributed by atoms with Crippen molar-refractivity contribution in [2.75, 3.05) is 6.61 Å². The summed E-state index contributed by atoms with van der Waals surface area (Å²) in [7, 11) is 0. The summed E-state index contributed by atoms with van der Waals surface area (Å²) in [6, 6.07) is 1.99. The van der Waals surface area contributed by atoms with Gasteiger partial charge in [0.25, 0.3) is 0 Å². The lowest BCUT2D eigenvalue weighted by atomic mass is 9.81. The van der Waals surface area contributed by atoms with E-state index in [0.29, 0.717) is 25.1 Å². The van der Waals surface area contributed by atoms with Crippen LogP contribution in [0.3, 0.4) is 0 Å². The highest BCUT2D eigenvalue weighted by Crippen LogP contribution is 2.28. The first kappa shape index (κ1) is 25.7. The van der Waals surface area contributed by atoms with Crippen molar-refractivity contribution >= 4 is 11.9 Å². The Labute approximate surface area is 188 Å². The minimum absolute atomic E-state index is 0.300. The first-order chi connectivity index (χ1) is 14.9. The maximum Gasteiger partial charge on any atom is 0.332 e. The highest BCUT2D eigenvalue weighted by atomic mass is 16.5. The number of carbonyl (C=O) groups is 2. The third kappa shape index (κ3) is 9.22. The number of quaternary nitrogens is 1. The number of hydrogen-bond acceptors (Lipinski definition) is 5. The van der Waals surface area contributed by atoms with Crippen molar-refractivity contribution in [1.29, 1.82) is 0 Å². The molecule has 0 aromatic heterocycles. The first-order valence-corrected chi connectivity index (χ1v) is 12.6. The molecule has 0 aliphatic heterocycles. The predicted molar refractivity (Wildman–Crippen MR) is 120 cm³/mol. The quantitative estimate of drug-likeness (QED) is 0.473. The van der Waals surface area contributed by atoms with Gasteiger partial charge in [0.15, 0.2) is 0 Å². The molecule has 0 amide bonds. The van der Waals surface area contributed by atoms with Crippen molar-refractivity contribution in [3.05, 3.63) is 11.8 Å². The van der Waals surface area contributed by atoms with E-state index in [1.54, 1.807) is 13.8 Å². The maximum absolute atomic E-state index is 11.3. The van der Waals surface area contributed by atoms with Crippen LogP contribution in [0.4, 0.5) is 0 Å². The number of nitrogens with two attached hydrogens (primary N) is 1. The Morgan fingerprint density at radius 2 is 1.42 bits per heavy atom. The summed E-state index contributed by atoms with van der Waals surface area (Å²) in [4.78, 5) is 22.6. The normalized spacial score (nSPS) is 22.7. The Bertz CT molecular complexity index is 556. The van der Waals surface area contributed by atoms with E-state index in [9.17, 15) is 14.7 Å². The molecule has 0 radical (unpaired) electrons. The van der Waals surface area contributed by atoms with E-state index in [0.717, 1.165) is 31.3 Å². The van der Waals surface area contributed by atoms with Crippen molar-refractivity contribution in [2.45, 2.75) is 128 Å². The summed E-state index contributed by atoms with van der Waals surface area (Å²) >= 11 is 0. The molecule has 3 fully saturated rings. The van der Waals surface area contributed by atoms with Gasteiger partial charge in [-0.25, -0.2) is 4.79 Å². The highest BCUT2D eigenvalue weighted by Gasteiger charge is 2.33. The molecule has 0 unspecified atom stereocenters. The molecule has 0 saturated heterocycles. The molecule has 6 nitrogen and oxygen atoms in total. The molecule has 0 aromatic carbocycles. The molecular formula is C25H44N2O4. The summed E-state index contributed by atoms with van der Waals surface area (Å²) in [6.07, 6.45) is 20.0. The van der Waals surface area contributed by atoms with Gasteiger partial charge >= 0.3 is 5.97 Å². The van der Waals surface area contributed by atoms with Gasteiger partial charge in [-0.15, -0.1) is 0 Å². The van der Waals surface area contributed by atoms with Gasteiger partial charge < -0.3 is 25.3 Å². The monoisotopic (exact) mass is 436 g/mol. The lowest BCUT2D eigenvalue weighted by Crippen LogP contribution is -2.95. The number of hydrogen-bond donors (Lipinski definition) is 2. The molecule has 3 N–H and O–H groups in total. The van der Waals surface area contributed by atoms with Crippen LogP contribution in [0.5, 0.6) is 0 Å². The number of allylic oxidation sites excluding steroid dienone is 1. The van der Waals surface area contributed by atoms with Gasteiger partial charge in [0.1, 0.15) is 0 Å². The minimum atomic E-state index is -1.10. The third-order valence-corrected chi connectivity index (χ3v) is 7.00. The van der Waals surface area contributed by atoms with E-state index in [1.165, 1.54) is 70.3 Å². The minimum Gasteiger partial charge on any atom is -0.548 e. The van der Waals surface area contributed by atoms with Gasteiger partial charge in [0.2, 0.25) is 0 Å². The molecule has 3 aliphatic rings. The topological polar surface area (TPSA) is 95.1 Å². The smallest absolute Gasteiger partial charge is 0.332 e. The molecule has 0 heterocycles. The molecule has 6 heteroatoms. The fourth-order valence-electron chi connectivity index (χ4n) is 5.35. The van der Waals surface area contributed by atoms with Crippen LogP contribution in [0.2, 0.25) is 0 Å². The Morgan fingerprint density at radius 3 is 1.87 bits per heavy atom. The van der Waals surface area contributed by atoms with Crippen LogP contribution in [0, 0.1) is 0 Å². The Balaban J connectivity index is 0.000000231. The molecule has 0 bridgehead atoms. The van der Waals surface area contributed by atoms with Crippen LogP contribution in [-0.2, 0) is 14.3 Å². The number of esters is 1. The number of carboxylic acid groups (broad SMARTS) is 1. The van der Waals surface area contributed by atoms with Gasteiger partial charge in [-0.2, -0.15) is 0 Å². The molecule has 3 aliphatic carbocycles. The largest absolute Gasteiger partial charge is 0.548 e. The van der Waals surface area contributed by atoms with E-state index >= 15 is 0 Å². The molecule has 178 valence electrons. The molecule has 0 spiro atoms. The van der Waals surface area contributed by atoms with Gasteiger partial charge in [-0.3, -0.25) is 0 Å². The zero-order chi connectivity index (χ0) is 22.5. The highest BCUT2D eigenvalue weighted by molar-refractivity contribution is 5.83. The van der Waals surface area contributed by atoms with E-state index in [1.807, 2.05) is 0 Å². The van der Waals surface area contributed by atoms with Crippen molar-refractivity contribution in [3.8, 4) is 0 Å². The van der Waals surface area contributed by atoms with Crippen molar-refractivity contribution < 1.29 is 24.7 Å². The van der Waals surface area contributed by atoms with Crippen LogP contribution >= 0.6 is 0 Å². The van der Waals surface area contributed by atoms with E-state index in [4.69, 9.17) is 4.74 Å². The third-order valence-electron chi connectivity index (χ3n) is 7.00. The fraction of sp³-hybridized carbons (Fsp3) is 0.840. The van der Waals surface area contributed by atoms with Crippen LogP contribution in [-0.4, -0.2) is 36.2 Å². The zero-order valence-corrected chi connectivity index (χ0v) is 19.8. The number of aliphatic carboxylic acids is 1. The molecule has 31 heavy (non-hydrogen) atoms. The molecule has 0 atom stereocenters. The first-order valence-electron chi connectivity index (χ1n) is 12.6. The van der Waals surface area contributed by atoms with Crippen LogP contribution in [0.1, 0.15) is 110 Å². The standard InChI is InChI=1S/C13H21NO4.C12H23N/c1-3-18-11(15)9-10(2)14-13(12(16)17)7-5-4-6-8-13;1-3-7-11(8-4-1)13-12-9-5-2-6-10-12/h9,14H,3-8H2,1-2H3,(H,16,17);11-13H,1-10H2/b10-9+;. The zero-order valence-electron chi connectivity index (χ0n) is 19.8. The van der Waals surface area contributed by atoms with Crippen molar-refractivity contribution in [2.24, 2.45) is 0 Å². The number of carbonyl (C=O) groups excluding carboxylic acids is 2. The predicted octanol–water partition coefficient (Wildman–Crippen LogP) is 2.71. The number of ether oxygens (including phenoxy) is 1. The lowest BCUT2D eigenvalue weighted by molar-refractivity contribution is -0.725. The van der Waals surface area contributed by atoms with Gasteiger partial charge in [0.05, 0.1) is 30.2 Å². The Kier molecular flexibility index (Phi) is 11.4. The second-order valence-corrected chi connectivity index (χ2v) is 9.62. The van der Waals surface area contributed by atoms with E-state index in [2.05, 4.69) is 10.6 Å². The van der Waals surface area contributed by atoms with Crippen LogP contribution < -0.4 is 15.7 Å². The molecule has 3 saturated carbocycles. The average molecular weight is 437 g/mol. The summed E-state index contributed by atoms with van der Waals surface area (Å²) in [5.74, 6) is -1.56. The van der Waals surface area contributed by atoms with Gasteiger partial charge in [-0.1, -0.05) is 32.1 Å². The van der Waals surface area contributed by atoms with Gasteiger partial charge in [-0.05, 0) is 78.1 Å². The molecular weight excluding hydrogens is 392 g/mol. The second kappa shape index (κ2) is 13.8. The summed E-state index contributed by atoms with van der Waals surface area (Å²) in [5, 5.41) is 16.9. The Morgan fingerprint density at radius 1 is 0.935 bits per heavy atom. The van der Waals surface area contributed by atoms with Crippen LogP contribution in [0.25, 0.3) is 0 Å². The van der Waals surface area contributed by atoms with Gasteiger partial charge in [0, 0.05) is 11.8 Å². The number of carboxylic acids is 1. The number of rotatable bonds is 7. The fourth-order valence-corrected chi connectivity index (χ4v) is 5.35.